The van der Waals surface area contributed by atoms with Crippen molar-refractivity contribution in [3.8, 4) is 11.6 Å². The summed E-state index contributed by atoms with van der Waals surface area (Å²) < 4.78 is 12.6. The summed E-state index contributed by atoms with van der Waals surface area (Å²) in [5.41, 5.74) is 1.81. The lowest BCUT2D eigenvalue weighted by Crippen LogP contribution is -2.01. The Labute approximate surface area is 139 Å². The predicted octanol–water partition coefficient (Wildman–Crippen LogP) is 4.93. The highest BCUT2D eigenvalue weighted by Gasteiger charge is 2.09. The van der Waals surface area contributed by atoms with Crippen molar-refractivity contribution in [1.29, 1.82) is 0 Å². The molecule has 0 bridgehead atoms. The molecule has 1 heterocycles. The Bertz CT molecular complexity index is 584. The topological polar surface area (TPSA) is 31.4 Å². The predicted molar refractivity (Wildman–Crippen MR) is 86.5 cm³/mol. The average molecular weight is 422 g/mol. The summed E-state index contributed by atoms with van der Waals surface area (Å²) in [6, 6.07) is 9.44. The van der Waals surface area contributed by atoms with Crippen LogP contribution in [-0.4, -0.2) is 12.1 Å². The van der Waals surface area contributed by atoms with Crippen LogP contribution in [0.4, 0.5) is 0 Å². The number of hydrogen-bond donors (Lipinski definition) is 0. The lowest BCUT2D eigenvalue weighted by molar-refractivity contribution is 0.294. The maximum atomic E-state index is 5.82. The van der Waals surface area contributed by atoms with E-state index in [0.29, 0.717) is 18.4 Å². The monoisotopic (exact) mass is 419 g/mol. The zero-order valence-electron chi connectivity index (χ0n) is 10.7. The molecule has 0 saturated heterocycles. The molecule has 0 aliphatic carbocycles. The zero-order valence-corrected chi connectivity index (χ0v) is 14.6. The molecule has 0 radical (unpaired) electrons. The molecule has 2 aromatic rings. The molecular weight excluding hydrogens is 409 g/mol. The van der Waals surface area contributed by atoms with Gasteiger partial charge in [0.2, 0.25) is 5.88 Å². The molecule has 0 spiro atoms. The van der Waals surface area contributed by atoms with Gasteiger partial charge in [0.1, 0.15) is 12.4 Å². The molecule has 0 aliphatic rings. The van der Waals surface area contributed by atoms with E-state index in [9.17, 15) is 0 Å². The molecule has 20 heavy (non-hydrogen) atoms. The van der Waals surface area contributed by atoms with Gasteiger partial charge in [0, 0.05) is 11.9 Å². The van der Waals surface area contributed by atoms with Crippen molar-refractivity contribution in [2.24, 2.45) is 0 Å². The molecule has 2 rings (SSSR count). The number of methoxy groups -OCH3 is 1. The van der Waals surface area contributed by atoms with Gasteiger partial charge >= 0.3 is 0 Å². The van der Waals surface area contributed by atoms with Gasteiger partial charge in [-0.15, -0.1) is 11.6 Å². The number of aromatic nitrogens is 1. The third-order valence-corrected chi connectivity index (χ3v) is 4.05. The van der Waals surface area contributed by atoms with E-state index in [4.69, 9.17) is 21.1 Å². The SMILES string of the molecule is COc1cccc(COc2c(Br)cc(CCl)cc2Br)n1. The lowest BCUT2D eigenvalue weighted by atomic mass is 10.2. The summed E-state index contributed by atoms with van der Waals surface area (Å²) in [5.74, 6) is 1.75. The second kappa shape index (κ2) is 7.29. The third-order valence-electron chi connectivity index (χ3n) is 2.57. The van der Waals surface area contributed by atoms with Gasteiger partial charge in [-0.2, -0.15) is 0 Å². The van der Waals surface area contributed by atoms with Gasteiger partial charge in [-0.05, 0) is 55.6 Å². The molecule has 1 aromatic carbocycles. The van der Waals surface area contributed by atoms with Crippen LogP contribution in [0.25, 0.3) is 0 Å². The van der Waals surface area contributed by atoms with Crippen LogP contribution in [0.3, 0.4) is 0 Å². The highest BCUT2D eigenvalue weighted by molar-refractivity contribution is 9.11. The van der Waals surface area contributed by atoms with Gasteiger partial charge in [-0.1, -0.05) is 6.07 Å². The van der Waals surface area contributed by atoms with Gasteiger partial charge in [-0.3, -0.25) is 0 Å². The lowest BCUT2D eigenvalue weighted by Gasteiger charge is -2.11. The molecule has 3 nitrogen and oxygen atoms in total. The Hall–Kier alpha value is -0.780. The summed E-state index contributed by atoms with van der Waals surface area (Å²) in [4.78, 5) is 4.30. The number of alkyl halides is 1. The maximum Gasteiger partial charge on any atom is 0.213 e. The van der Waals surface area contributed by atoms with Crippen LogP contribution in [0.1, 0.15) is 11.3 Å². The normalized spacial score (nSPS) is 10.4. The summed E-state index contributed by atoms with van der Waals surface area (Å²) in [6.07, 6.45) is 0. The molecule has 0 N–H and O–H groups in total. The molecule has 0 saturated carbocycles. The fraction of sp³-hybridized carbons (Fsp3) is 0.214. The Morgan fingerprint density at radius 1 is 1.20 bits per heavy atom. The van der Waals surface area contributed by atoms with Gasteiger partial charge < -0.3 is 9.47 Å². The molecule has 0 fully saturated rings. The zero-order chi connectivity index (χ0) is 14.5. The van der Waals surface area contributed by atoms with Gasteiger partial charge in [-0.25, -0.2) is 4.98 Å². The Morgan fingerprint density at radius 2 is 1.90 bits per heavy atom. The van der Waals surface area contributed by atoms with Crippen LogP contribution in [0, 0.1) is 0 Å². The number of hydrogen-bond acceptors (Lipinski definition) is 3. The first kappa shape index (κ1) is 15.6. The van der Waals surface area contributed by atoms with Crippen molar-refractivity contribution >= 4 is 43.5 Å². The fourth-order valence-corrected chi connectivity index (χ4v) is 3.29. The van der Waals surface area contributed by atoms with Gasteiger partial charge in [0.15, 0.2) is 0 Å². The number of ether oxygens (including phenoxy) is 2. The third kappa shape index (κ3) is 3.87. The van der Waals surface area contributed by atoms with Crippen molar-refractivity contribution < 1.29 is 9.47 Å². The number of benzene rings is 1. The van der Waals surface area contributed by atoms with Crippen LogP contribution >= 0.6 is 43.5 Å². The molecule has 0 unspecified atom stereocenters. The summed E-state index contributed by atoms with van der Waals surface area (Å²) in [7, 11) is 1.59. The standard InChI is InChI=1S/C14H12Br2ClNO2/c1-19-13-4-2-3-10(18-13)8-20-14-11(15)5-9(7-17)6-12(14)16/h2-6H,7-8H2,1H3. The van der Waals surface area contributed by atoms with E-state index >= 15 is 0 Å². The Kier molecular flexibility index (Phi) is 5.69. The molecule has 6 heteroatoms. The van der Waals surface area contributed by atoms with Crippen LogP contribution < -0.4 is 9.47 Å². The van der Waals surface area contributed by atoms with E-state index in [-0.39, 0.29) is 0 Å². The maximum absolute atomic E-state index is 5.82. The van der Waals surface area contributed by atoms with Crippen molar-refractivity contribution in [1.82, 2.24) is 4.98 Å². The first-order valence-electron chi connectivity index (χ1n) is 5.80. The molecule has 0 amide bonds. The first-order valence-corrected chi connectivity index (χ1v) is 7.92. The fourth-order valence-electron chi connectivity index (χ4n) is 1.63. The number of rotatable bonds is 5. The minimum atomic E-state index is 0.356. The summed E-state index contributed by atoms with van der Waals surface area (Å²) in [5, 5.41) is 0. The minimum Gasteiger partial charge on any atom is -0.485 e. The molecule has 1 aromatic heterocycles. The summed E-state index contributed by atoms with van der Waals surface area (Å²) in [6.45, 7) is 0.356. The second-order valence-corrected chi connectivity index (χ2v) is 5.96. The highest BCUT2D eigenvalue weighted by atomic mass is 79.9. The Morgan fingerprint density at radius 3 is 2.50 bits per heavy atom. The highest BCUT2D eigenvalue weighted by Crippen LogP contribution is 2.35. The van der Waals surface area contributed by atoms with E-state index < -0.39 is 0 Å². The van der Waals surface area contributed by atoms with Crippen LogP contribution in [-0.2, 0) is 12.5 Å². The van der Waals surface area contributed by atoms with Crippen molar-refractivity contribution in [2.75, 3.05) is 7.11 Å². The van der Waals surface area contributed by atoms with E-state index in [1.54, 1.807) is 13.2 Å². The largest absolute Gasteiger partial charge is 0.485 e. The van der Waals surface area contributed by atoms with Crippen LogP contribution in [0.15, 0.2) is 39.3 Å². The van der Waals surface area contributed by atoms with Crippen LogP contribution in [0.5, 0.6) is 11.6 Å². The molecule has 0 atom stereocenters. The Balaban J connectivity index is 2.14. The number of pyridine rings is 1. The first-order chi connectivity index (χ1) is 9.63. The second-order valence-electron chi connectivity index (χ2n) is 3.98. The smallest absolute Gasteiger partial charge is 0.213 e. The molecular formula is C14H12Br2ClNO2. The van der Waals surface area contributed by atoms with E-state index in [1.807, 2.05) is 24.3 Å². The van der Waals surface area contributed by atoms with E-state index in [0.717, 1.165) is 26.0 Å². The van der Waals surface area contributed by atoms with Crippen molar-refractivity contribution in [3.05, 3.63) is 50.5 Å². The molecule has 106 valence electrons. The van der Waals surface area contributed by atoms with E-state index in [1.165, 1.54) is 0 Å². The van der Waals surface area contributed by atoms with Gasteiger partial charge in [0.05, 0.1) is 21.7 Å². The van der Waals surface area contributed by atoms with E-state index in [2.05, 4.69) is 36.8 Å². The number of halogens is 3. The van der Waals surface area contributed by atoms with Crippen LogP contribution in [0.2, 0.25) is 0 Å². The summed E-state index contributed by atoms with van der Waals surface area (Å²) >= 11 is 12.8. The quantitative estimate of drug-likeness (QED) is 0.642. The molecule has 0 aliphatic heterocycles. The average Bonchev–Trinajstić information content (AvgIpc) is 2.46. The number of nitrogens with zero attached hydrogens (tertiary/aromatic N) is 1. The van der Waals surface area contributed by atoms with Crippen molar-refractivity contribution in [2.45, 2.75) is 12.5 Å². The van der Waals surface area contributed by atoms with Crippen molar-refractivity contribution in [3.63, 3.8) is 0 Å². The van der Waals surface area contributed by atoms with Gasteiger partial charge in [0.25, 0.3) is 0 Å². The minimum absolute atomic E-state index is 0.356.